The van der Waals surface area contributed by atoms with Crippen LogP contribution in [0.25, 0.3) is 11.2 Å². The van der Waals surface area contributed by atoms with Crippen LogP contribution >= 0.6 is 11.6 Å². The van der Waals surface area contributed by atoms with Crippen LogP contribution < -0.4 is 0 Å². The third-order valence-corrected chi connectivity index (χ3v) is 4.45. The number of nitrogens with zero attached hydrogens (tertiary/aromatic N) is 4. The van der Waals surface area contributed by atoms with Crippen molar-refractivity contribution in [2.75, 3.05) is 6.54 Å². The van der Waals surface area contributed by atoms with Crippen LogP contribution in [0.5, 0.6) is 0 Å². The number of fused-ring (bicyclic) bond motifs is 1. The molecule has 3 aromatic rings. The molecule has 2 aromatic heterocycles. The predicted octanol–water partition coefficient (Wildman–Crippen LogP) is 4.55. The van der Waals surface area contributed by atoms with Crippen molar-refractivity contribution in [1.82, 2.24) is 19.4 Å². The van der Waals surface area contributed by atoms with E-state index >= 15 is 0 Å². The molecule has 0 saturated heterocycles. The predicted molar refractivity (Wildman–Crippen MR) is 104 cm³/mol. The van der Waals surface area contributed by atoms with Gasteiger partial charge in [-0.3, -0.25) is 4.79 Å². The lowest BCUT2D eigenvalue weighted by Gasteiger charge is -2.22. The van der Waals surface area contributed by atoms with Gasteiger partial charge in [0, 0.05) is 29.9 Å². The summed E-state index contributed by atoms with van der Waals surface area (Å²) in [6.07, 6.45) is 3.63. The van der Waals surface area contributed by atoms with Crippen LogP contribution in [0.2, 0.25) is 5.02 Å². The molecule has 0 aliphatic rings. The summed E-state index contributed by atoms with van der Waals surface area (Å²) in [5, 5.41) is 0.565. The maximum atomic E-state index is 13.0. The molecule has 1 amide bonds. The molecule has 26 heavy (non-hydrogen) atoms. The molecule has 0 aliphatic carbocycles. The Labute approximate surface area is 158 Å². The molecule has 0 bridgehead atoms. The lowest BCUT2D eigenvalue weighted by atomic mass is 10.2. The monoisotopic (exact) mass is 370 g/mol. The minimum absolute atomic E-state index is 0.0302. The van der Waals surface area contributed by atoms with Crippen molar-refractivity contribution < 1.29 is 4.79 Å². The van der Waals surface area contributed by atoms with Gasteiger partial charge in [0.1, 0.15) is 11.3 Å². The van der Waals surface area contributed by atoms with Crippen molar-refractivity contribution in [3.8, 4) is 0 Å². The number of hydrogen-bond acceptors (Lipinski definition) is 3. The van der Waals surface area contributed by atoms with Crippen LogP contribution in [0.4, 0.5) is 0 Å². The van der Waals surface area contributed by atoms with Gasteiger partial charge in [0.25, 0.3) is 5.91 Å². The molecule has 0 aliphatic heterocycles. The first-order valence-electron chi connectivity index (χ1n) is 8.99. The number of hydrogen-bond donors (Lipinski definition) is 0. The van der Waals surface area contributed by atoms with E-state index in [0.29, 0.717) is 23.7 Å². The Bertz CT molecular complexity index is 906. The Morgan fingerprint density at radius 3 is 2.77 bits per heavy atom. The summed E-state index contributed by atoms with van der Waals surface area (Å²) < 4.78 is 2.11. The maximum Gasteiger partial charge on any atom is 0.254 e. The van der Waals surface area contributed by atoms with E-state index in [-0.39, 0.29) is 5.91 Å². The standard InChI is InChI=1S/C20H23ClN4O/c1-3-11-24(20(26)15-7-5-8-16(21)13-15)14-18-23-17-9-6-10-22-19(17)25(18)12-4-2/h5-10,13H,3-4,11-12,14H2,1-2H3. The zero-order valence-electron chi connectivity index (χ0n) is 15.2. The second kappa shape index (κ2) is 8.32. The summed E-state index contributed by atoms with van der Waals surface area (Å²) in [5.41, 5.74) is 2.33. The van der Waals surface area contributed by atoms with Gasteiger partial charge in [-0.25, -0.2) is 9.97 Å². The SMILES string of the molecule is CCCN(Cc1nc2cccnc2n1CCC)C(=O)c1cccc(Cl)c1. The summed E-state index contributed by atoms with van der Waals surface area (Å²) in [6, 6.07) is 10.9. The molecular weight excluding hydrogens is 348 g/mol. The first-order valence-corrected chi connectivity index (χ1v) is 9.36. The molecule has 5 nitrogen and oxygen atoms in total. The van der Waals surface area contributed by atoms with E-state index in [9.17, 15) is 4.79 Å². The van der Waals surface area contributed by atoms with E-state index in [1.165, 1.54) is 0 Å². The Balaban J connectivity index is 1.94. The molecule has 2 heterocycles. The number of aromatic nitrogens is 3. The smallest absolute Gasteiger partial charge is 0.254 e. The van der Waals surface area contributed by atoms with Crippen LogP contribution in [-0.2, 0) is 13.1 Å². The Hall–Kier alpha value is -2.40. The number of halogens is 1. The van der Waals surface area contributed by atoms with E-state index < -0.39 is 0 Å². The normalized spacial score (nSPS) is 11.0. The van der Waals surface area contributed by atoms with Gasteiger partial charge in [-0.05, 0) is 43.2 Å². The van der Waals surface area contributed by atoms with E-state index in [1.54, 1.807) is 30.5 Å². The number of carbonyl (C=O) groups excluding carboxylic acids is 1. The number of imidazole rings is 1. The highest BCUT2D eigenvalue weighted by atomic mass is 35.5. The maximum absolute atomic E-state index is 13.0. The Kier molecular flexibility index (Phi) is 5.89. The van der Waals surface area contributed by atoms with Crippen molar-refractivity contribution in [2.24, 2.45) is 0 Å². The van der Waals surface area contributed by atoms with Crippen LogP contribution in [0.3, 0.4) is 0 Å². The van der Waals surface area contributed by atoms with Gasteiger partial charge in [-0.1, -0.05) is 31.5 Å². The number of rotatable bonds is 7. The van der Waals surface area contributed by atoms with Gasteiger partial charge in [0.15, 0.2) is 5.65 Å². The van der Waals surface area contributed by atoms with Crippen molar-refractivity contribution >= 4 is 28.7 Å². The van der Waals surface area contributed by atoms with Crippen molar-refractivity contribution in [3.05, 3.63) is 59.0 Å². The van der Waals surface area contributed by atoms with Crippen molar-refractivity contribution in [3.63, 3.8) is 0 Å². The van der Waals surface area contributed by atoms with E-state index in [2.05, 4.69) is 23.4 Å². The van der Waals surface area contributed by atoms with E-state index in [0.717, 1.165) is 36.4 Å². The van der Waals surface area contributed by atoms with Gasteiger partial charge in [-0.15, -0.1) is 0 Å². The van der Waals surface area contributed by atoms with E-state index in [4.69, 9.17) is 16.6 Å². The van der Waals surface area contributed by atoms with Crippen molar-refractivity contribution in [1.29, 1.82) is 0 Å². The third-order valence-electron chi connectivity index (χ3n) is 4.21. The Morgan fingerprint density at radius 2 is 2.04 bits per heavy atom. The highest BCUT2D eigenvalue weighted by molar-refractivity contribution is 6.30. The molecule has 1 aromatic carbocycles. The first kappa shape index (κ1) is 18.4. The highest BCUT2D eigenvalue weighted by Crippen LogP contribution is 2.18. The lowest BCUT2D eigenvalue weighted by Crippen LogP contribution is -2.32. The second-order valence-electron chi connectivity index (χ2n) is 6.26. The van der Waals surface area contributed by atoms with Gasteiger partial charge < -0.3 is 9.47 Å². The quantitative estimate of drug-likeness (QED) is 0.613. The molecule has 0 unspecified atom stereocenters. The number of amides is 1. The topological polar surface area (TPSA) is 51.0 Å². The molecule has 0 saturated carbocycles. The Morgan fingerprint density at radius 1 is 1.19 bits per heavy atom. The minimum atomic E-state index is -0.0302. The summed E-state index contributed by atoms with van der Waals surface area (Å²) in [7, 11) is 0. The molecule has 0 atom stereocenters. The van der Waals surface area contributed by atoms with Crippen LogP contribution in [0.1, 0.15) is 42.9 Å². The lowest BCUT2D eigenvalue weighted by molar-refractivity contribution is 0.0737. The average Bonchev–Trinajstić information content (AvgIpc) is 2.98. The largest absolute Gasteiger partial charge is 0.331 e. The van der Waals surface area contributed by atoms with E-state index in [1.807, 2.05) is 17.0 Å². The van der Waals surface area contributed by atoms with Crippen LogP contribution in [0.15, 0.2) is 42.6 Å². The molecule has 6 heteroatoms. The van der Waals surface area contributed by atoms with Crippen LogP contribution in [-0.4, -0.2) is 31.9 Å². The zero-order chi connectivity index (χ0) is 18.5. The van der Waals surface area contributed by atoms with Crippen LogP contribution in [0, 0.1) is 0 Å². The summed E-state index contributed by atoms with van der Waals surface area (Å²) in [6.45, 7) is 6.13. The van der Waals surface area contributed by atoms with Gasteiger partial charge in [-0.2, -0.15) is 0 Å². The third kappa shape index (κ3) is 3.88. The first-order chi connectivity index (χ1) is 12.6. The molecular formula is C20H23ClN4O. The summed E-state index contributed by atoms with van der Waals surface area (Å²) in [4.78, 5) is 24.0. The minimum Gasteiger partial charge on any atom is -0.331 e. The average molecular weight is 371 g/mol. The number of aryl methyl sites for hydroxylation is 1. The fraction of sp³-hybridized carbons (Fsp3) is 0.350. The van der Waals surface area contributed by atoms with Gasteiger partial charge >= 0.3 is 0 Å². The van der Waals surface area contributed by atoms with Gasteiger partial charge in [0.2, 0.25) is 0 Å². The molecule has 0 N–H and O–H groups in total. The number of carbonyl (C=O) groups is 1. The van der Waals surface area contributed by atoms with Gasteiger partial charge in [0.05, 0.1) is 6.54 Å². The fourth-order valence-electron chi connectivity index (χ4n) is 3.08. The zero-order valence-corrected chi connectivity index (χ0v) is 15.9. The molecule has 0 fully saturated rings. The fourth-order valence-corrected chi connectivity index (χ4v) is 3.27. The summed E-state index contributed by atoms with van der Waals surface area (Å²) in [5.74, 6) is 0.835. The van der Waals surface area contributed by atoms with Crippen molar-refractivity contribution in [2.45, 2.75) is 39.8 Å². The summed E-state index contributed by atoms with van der Waals surface area (Å²) >= 11 is 6.06. The molecule has 0 radical (unpaired) electrons. The highest BCUT2D eigenvalue weighted by Gasteiger charge is 2.20. The second-order valence-corrected chi connectivity index (χ2v) is 6.70. The number of pyridine rings is 1. The molecule has 136 valence electrons. The molecule has 3 rings (SSSR count). The number of benzene rings is 1. The molecule has 0 spiro atoms.